The number of thioether (sulfide) groups is 1. The summed E-state index contributed by atoms with van der Waals surface area (Å²) in [6.07, 6.45) is 6.85. The van der Waals surface area contributed by atoms with Crippen LogP contribution in [0, 0.1) is 0 Å². The molecule has 1 aromatic heterocycles. The lowest BCUT2D eigenvalue weighted by Crippen LogP contribution is -2.42. The van der Waals surface area contributed by atoms with Crippen molar-refractivity contribution in [3.8, 4) is 0 Å². The zero-order chi connectivity index (χ0) is 15.8. The summed E-state index contributed by atoms with van der Waals surface area (Å²) in [4.78, 5) is 10.5. The molecule has 0 saturated heterocycles. The molecule has 1 aromatic rings. The molecule has 2 rings (SSSR count). The third-order valence-electron chi connectivity index (χ3n) is 3.79. The van der Waals surface area contributed by atoms with Crippen molar-refractivity contribution in [3.05, 3.63) is 16.1 Å². The molecule has 2 atom stereocenters. The molecule has 1 heterocycles. The van der Waals surface area contributed by atoms with Gasteiger partial charge in [-0.2, -0.15) is 11.8 Å². The Balaban J connectivity index is 0.00000264. The van der Waals surface area contributed by atoms with E-state index in [2.05, 4.69) is 48.2 Å². The van der Waals surface area contributed by atoms with Gasteiger partial charge in [-0.05, 0) is 38.4 Å². The van der Waals surface area contributed by atoms with E-state index in [1.165, 1.54) is 29.9 Å². The second-order valence-corrected chi connectivity index (χ2v) is 8.28. The smallest absolute Gasteiger partial charge is 0.191 e. The summed E-state index contributed by atoms with van der Waals surface area (Å²) in [7, 11) is 0. The minimum atomic E-state index is 0. The van der Waals surface area contributed by atoms with E-state index in [1.54, 1.807) is 11.3 Å². The van der Waals surface area contributed by atoms with Gasteiger partial charge in [0, 0.05) is 28.9 Å². The van der Waals surface area contributed by atoms with E-state index in [-0.39, 0.29) is 24.0 Å². The molecule has 2 N–H and O–H groups in total. The van der Waals surface area contributed by atoms with Gasteiger partial charge in [0.1, 0.15) is 5.01 Å². The molecule has 0 amide bonds. The van der Waals surface area contributed by atoms with E-state index in [0.29, 0.717) is 12.6 Å². The number of rotatable bonds is 7. The Hall–Kier alpha value is -0.0200. The first kappa shape index (κ1) is 21.0. The van der Waals surface area contributed by atoms with Crippen molar-refractivity contribution in [2.45, 2.75) is 64.3 Å². The average Bonchev–Trinajstić information content (AvgIpc) is 3.14. The highest BCUT2D eigenvalue weighted by atomic mass is 127. The van der Waals surface area contributed by atoms with E-state index in [4.69, 9.17) is 4.99 Å². The highest BCUT2D eigenvalue weighted by Crippen LogP contribution is 2.29. The summed E-state index contributed by atoms with van der Waals surface area (Å²) >= 11 is 3.86. The van der Waals surface area contributed by atoms with Crippen LogP contribution >= 0.6 is 47.1 Å². The lowest BCUT2D eigenvalue weighted by molar-refractivity contribution is 0.615. The fourth-order valence-corrected chi connectivity index (χ4v) is 4.63. The van der Waals surface area contributed by atoms with Gasteiger partial charge in [-0.25, -0.2) is 9.98 Å². The van der Waals surface area contributed by atoms with Crippen LogP contribution in [0.25, 0.3) is 0 Å². The van der Waals surface area contributed by atoms with Gasteiger partial charge in [-0.15, -0.1) is 35.3 Å². The maximum atomic E-state index is 4.70. The Kier molecular flexibility index (Phi) is 10.5. The van der Waals surface area contributed by atoms with Crippen LogP contribution in [0.4, 0.5) is 0 Å². The van der Waals surface area contributed by atoms with Crippen molar-refractivity contribution < 1.29 is 0 Å². The molecule has 1 aliphatic carbocycles. The van der Waals surface area contributed by atoms with Crippen LogP contribution in [-0.4, -0.2) is 34.5 Å². The lowest BCUT2D eigenvalue weighted by Gasteiger charge is -2.17. The van der Waals surface area contributed by atoms with Crippen molar-refractivity contribution in [1.29, 1.82) is 0 Å². The highest BCUT2D eigenvalue weighted by Gasteiger charge is 2.25. The molecule has 1 fully saturated rings. The summed E-state index contributed by atoms with van der Waals surface area (Å²) in [5.74, 6) is 2.15. The van der Waals surface area contributed by atoms with Crippen LogP contribution in [-0.2, 0) is 13.0 Å². The first-order chi connectivity index (χ1) is 10.7. The number of guanidine groups is 1. The third kappa shape index (κ3) is 7.17. The average molecular weight is 468 g/mol. The van der Waals surface area contributed by atoms with Gasteiger partial charge < -0.3 is 10.6 Å². The van der Waals surface area contributed by atoms with Gasteiger partial charge >= 0.3 is 0 Å². The van der Waals surface area contributed by atoms with E-state index >= 15 is 0 Å². The SMILES string of the molecule is CCNC(=NCc1ncc(CC)s1)NC1CCC(SCC)C1.I. The standard InChI is InChI=1S/C16H28N4S2.HI/c1-4-13-10-18-15(22-13)11-19-16(17-5-2)20-12-7-8-14(9-12)21-6-3;/h10,12,14H,4-9,11H2,1-3H3,(H2,17,19,20);1H. The Morgan fingerprint density at radius 3 is 2.87 bits per heavy atom. The molecule has 7 heteroatoms. The minimum Gasteiger partial charge on any atom is -0.357 e. The maximum absolute atomic E-state index is 4.70. The maximum Gasteiger partial charge on any atom is 0.191 e. The number of nitrogens with one attached hydrogen (secondary N) is 2. The van der Waals surface area contributed by atoms with Gasteiger partial charge in [-0.3, -0.25) is 0 Å². The first-order valence-electron chi connectivity index (χ1n) is 8.35. The van der Waals surface area contributed by atoms with Crippen molar-refractivity contribution in [1.82, 2.24) is 15.6 Å². The van der Waals surface area contributed by atoms with Crippen molar-refractivity contribution >= 4 is 53.0 Å². The second-order valence-electron chi connectivity index (χ2n) is 5.50. The van der Waals surface area contributed by atoms with Crippen LogP contribution in [0.1, 0.15) is 49.9 Å². The predicted octanol–water partition coefficient (Wildman–Crippen LogP) is 4.05. The topological polar surface area (TPSA) is 49.3 Å². The van der Waals surface area contributed by atoms with Crippen molar-refractivity contribution in [2.75, 3.05) is 12.3 Å². The summed E-state index contributed by atoms with van der Waals surface area (Å²) in [5, 5.41) is 8.87. The number of thiazole rings is 1. The number of aryl methyl sites for hydroxylation is 1. The molecule has 0 spiro atoms. The molecule has 4 nitrogen and oxygen atoms in total. The van der Waals surface area contributed by atoms with Crippen molar-refractivity contribution in [3.63, 3.8) is 0 Å². The molecule has 0 aromatic carbocycles. The largest absolute Gasteiger partial charge is 0.357 e. The molecule has 0 radical (unpaired) electrons. The monoisotopic (exact) mass is 468 g/mol. The fourth-order valence-electron chi connectivity index (χ4n) is 2.70. The van der Waals surface area contributed by atoms with Gasteiger partial charge in [0.15, 0.2) is 5.96 Å². The summed E-state index contributed by atoms with van der Waals surface area (Å²) < 4.78 is 0. The summed E-state index contributed by atoms with van der Waals surface area (Å²) in [5.41, 5.74) is 0. The molecule has 23 heavy (non-hydrogen) atoms. The number of hydrogen-bond donors (Lipinski definition) is 2. The Bertz CT molecular complexity index is 478. The zero-order valence-corrected chi connectivity index (χ0v) is 18.3. The van der Waals surface area contributed by atoms with Crippen molar-refractivity contribution in [2.24, 2.45) is 4.99 Å². The number of hydrogen-bond acceptors (Lipinski definition) is 4. The number of aliphatic imine (C=N–C) groups is 1. The zero-order valence-electron chi connectivity index (χ0n) is 14.3. The van der Waals surface area contributed by atoms with Gasteiger partial charge in [0.05, 0.1) is 6.54 Å². The molecule has 132 valence electrons. The lowest BCUT2D eigenvalue weighted by atomic mass is 10.2. The molecular weight excluding hydrogens is 439 g/mol. The summed E-state index contributed by atoms with van der Waals surface area (Å²) in [6.45, 7) is 8.08. The third-order valence-corrected chi connectivity index (χ3v) is 6.15. The minimum absolute atomic E-state index is 0. The molecule has 0 aliphatic heterocycles. The normalized spacial score (nSPS) is 21.1. The summed E-state index contributed by atoms with van der Waals surface area (Å²) in [6, 6.07) is 0.560. The van der Waals surface area contributed by atoms with Crippen LogP contribution < -0.4 is 10.6 Å². The van der Waals surface area contributed by atoms with Gasteiger partial charge in [-0.1, -0.05) is 13.8 Å². The number of nitrogens with zero attached hydrogens (tertiary/aromatic N) is 2. The van der Waals surface area contributed by atoms with E-state index in [1.807, 2.05) is 6.20 Å². The molecular formula is C16H29IN4S2. The quantitative estimate of drug-likeness (QED) is 0.360. The van der Waals surface area contributed by atoms with E-state index in [9.17, 15) is 0 Å². The molecule has 0 bridgehead atoms. The van der Waals surface area contributed by atoms with Crippen LogP contribution in [0.2, 0.25) is 0 Å². The number of halogens is 1. The fraction of sp³-hybridized carbons (Fsp3) is 0.750. The van der Waals surface area contributed by atoms with Crippen LogP contribution in [0.3, 0.4) is 0 Å². The van der Waals surface area contributed by atoms with Crippen LogP contribution in [0.15, 0.2) is 11.2 Å². The second kappa shape index (κ2) is 11.5. The predicted molar refractivity (Wildman–Crippen MR) is 114 cm³/mol. The molecule has 1 aliphatic rings. The number of aromatic nitrogens is 1. The van der Waals surface area contributed by atoms with E-state index < -0.39 is 0 Å². The van der Waals surface area contributed by atoms with Crippen LogP contribution in [0.5, 0.6) is 0 Å². The Labute approximate surface area is 165 Å². The van der Waals surface area contributed by atoms with Gasteiger partial charge in [0.2, 0.25) is 0 Å². The first-order valence-corrected chi connectivity index (χ1v) is 10.2. The van der Waals surface area contributed by atoms with E-state index in [0.717, 1.165) is 29.2 Å². The molecule has 2 unspecified atom stereocenters. The highest BCUT2D eigenvalue weighted by molar-refractivity contribution is 14.0. The Morgan fingerprint density at radius 1 is 1.39 bits per heavy atom. The molecule has 1 saturated carbocycles. The van der Waals surface area contributed by atoms with Gasteiger partial charge in [0.25, 0.3) is 0 Å². The Morgan fingerprint density at radius 2 is 2.22 bits per heavy atom.